The zero-order valence-electron chi connectivity index (χ0n) is 13.0. The monoisotopic (exact) mass is 304 g/mol. The molecule has 2 heterocycles. The van der Waals surface area contributed by atoms with E-state index in [9.17, 15) is 4.79 Å². The summed E-state index contributed by atoms with van der Waals surface area (Å²) in [6.45, 7) is 3.75. The van der Waals surface area contributed by atoms with Crippen molar-refractivity contribution in [1.29, 1.82) is 0 Å². The third-order valence-electron chi connectivity index (χ3n) is 4.63. The van der Waals surface area contributed by atoms with Gasteiger partial charge in [-0.2, -0.15) is 0 Å². The zero-order chi connectivity index (χ0) is 15.5. The summed E-state index contributed by atoms with van der Waals surface area (Å²) in [7, 11) is 0. The van der Waals surface area contributed by atoms with Crippen molar-refractivity contribution >= 4 is 11.9 Å². The van der Waals surface area contributed by atoms with Crippen molar-refractivity contribution in [3.63, 3.8) is 0 Å². The molecule has 1 aromatic rings. The van der Waals surface area contributed by atoms with E-state index in [1.54, 1.807) is 6.20 Å². The minimum Gasteiger partial charge on any atom is -0.381 e. The van der Waals surface area contributed by atoms with E-state index in [0.29, 0.717) is 23.5 Å². The minimum absolute atomic E-state index is 0.335. The van der Waals surface area contributed by atoms with E-state index in [0.717, 1.165) is 44.1 Å². The first-order chi connectivity index (χ1) is 10.6. The van der Waals surface area contributed by atoms with Gasteiger partial charge in [-0.25, -0.2) is 9.97 Å². The number of anilines is 1. The molecule has 0 bridgehead atoms. The van der Waals surface area contributed by atoms with E-state index in [1.807, 2.05) is 0 Å². The number of carbonyl (C=O) groups excluding carboxylic acids is 1. The Hall–Kier alpha value is -1.69. The third kappa shape index (κ3) is 3.74. The Balaban J connectivity index is 1.74. The predicted molar refractivity (Wildman–Crippen MR) is 83.6 cm³/mol. The quantitative estimate of drug-likeness (QED) is 0.835. The van der Waals surface area contributed by atoms with Crippen molar-refractivity contribution in [2.24, 2.45) is 17.6 Å². The second-order valence-electron chi connectivity index (χ2n) is 6.47. The topological polar surface area (TPSA) is 90.1 Å². The molecule has 3 N–H and O–H groups in total. The lowest BCUT2D eigenvalue weighted by Crippen LogP contribution is -2.29. The fourth-order valence-corrected chi connectivity index (χ4v) is 3.01. The molecule has 2 aliphatic rings. The maximum absolute atomic E-state index is 11.6. The molecule has 1 amide bonds. The number of aromatic nitrogens is 2. The third-order valence-corrected chi connectivity index (χ3v) is 4.63. The average molecular weight is 304 g/mol. The number of nitrogens with zero attached hydrogens (tertiary/aromatic N) is 2. The van der Waals surface area contributed by atoms with Crippen LogP contribution >= 0.6 is 0 Å². The molecule has 1 saturated heterocycles. The molecule has 0 aromatic carbocycles. The highest BCUT2D eigenvalue weighted by molar-refractivity contribution is 5.93. The summed E-state index contributed by atoms with van der Waals surface area (Å²) in [6.07, 6.45) is 6.82. The van der Waals surface area contributed by atoms with E-state index in [1.165, 1.54) is 12.8 Å². The van der Waals surface area contributed by atoms with Gasteiger partial charge in [0.15, 0.2) is 0 Å². The number of nitrogens with two attached hydrogens (primary N) is 1. The van der Waals surface area contributed by atoms with Gasteiger partial charge >= 0.3 is 0 Å². The standard InChI is InChI=1S/C16H24N4O2/c1-10(11-2-3-11)8-14-13(15(17)21)9-18-16(20-14)19-12-4-6-22-7-5-12/h9-12H,2-8H2,1H3,(H2,17,21)(H,18,19,20)/t10-/m0/s1. The van der Waals surface area contributed by atoms with Crippen LogP contribution in [0, 0.1) is 11.8 Å². The maximum atomic E-state index is 11.6. The highest BCUT2D eigenvalue weighted by Gasteiger charge is 2.29. The summed E-state index contributed by atoms with van der Waals surface area (Å²) in [5.74, 6) is 1.44. The summed E-state index contributed by atoms with van der Waals surface area (Å²) in [5.41, 5.74) is 6.68. The Morgan fingerprint density at radius 3 is 2.77 bits per heavy atom. The summed E-state index contributed by atoms with van der Waals surface area (Å²) < 4.78 is 5.36. The molecule has 1 aromatic heterocycles. The Kier molecular flexibility index (Phi) is 4.57. The van der Waals surface area contributed by atoms with Crippen LogP contribution in [0.15, 0.2) is 6.20 Å². The van der Waals surface area contributed by atoms with Crippen LogP contribution in [0.4, 0.5) is 5.95 Å². The summed E-state index contributed by atoms with van der Waals surface area (Å²) >= 11 is 0. The largest absolute Gasteiger partial charge is 0.381 e. The van der Waals surface area contributed by atoms with E-state index in [4.69, 9.17) is 10.5 Å². The van der Waals surface area contributed by atoms with Crippen molar-refractivity contribution in [1.82, 2.24) is 9.97 Å². The van der Waals surface area contributed by atoms with Gasteiger partial charge in [0.25, 0.3) is 5.91 Å². The number of nitrogens with one attached hydrogen (secondary N) is 1. The van der Waals surface area contributed by atoms with Crippen molar-refractivity contribution in [3.8, 4) is 0 Å². The lowest BCUT2D eigenvalue weighted by atomic mass is 9.98. The van der Waals surface area contributed by atoms with Gasteiger partial charge in [-0.05, 0) is 43.9 Å². The molecule has 1 saturated carbocycles. The van der Waals surface area contributed by atoms with E-state index >= 15 is 0 Å². The molecule has 1 aliphatic heterocycles. The Morgan fingerprint density at radius 2 is 2.14 bits per heavy atom. The van der Waals surface area contributed by atoms with Crippen LogP contribution in [-0.2, 0) is 11.2 Å². The highest BCUT2D eigenvalue weighted by atomic mass is 16.5. The SMILES string of the molecule is C[C@@H](Cc1nc(NC2CCOCC2)ncc1C(N)=O)C1CC1. The zero-order valence-corrected chi connectivity index (χ0v) is 13.0. The van der Waals surface area contributed by atoms with Crippen LogP contribution in [0.2, 0.25) is 0 Å². The Labute approximate surface area is 130 Å². The fourth-order valence-electron chi connectivity index (χ4n) is 3.01. The first-order valence-corrected chi connectivity index (χ1v) is 8.13. The summed E-state index contributed by atoms with van der Waals surface area (Å²) in [6, 6.07) is 0.335. The molecular formula is C16H24N4O2. The van der Waals surface area contributed by atoms with Crippen LogP contribution in [0.3, 0.4) is 0 Å². The highest BCUT2D eigenvalue weighted by Crippen LogP contribution is 2.38. The van der Waals surface area contributed by atoms with Crippen molar-refractivity contribution in [2.75, 3.05) is 18.5 Å². The smallest absolute Gasteiger partial charge is 0.252 e. The molecule has 6 heteroatoms. The molecule has 22 heavy (non-hydrogen) atoms. The molecule has 0 radical (unpaired) electrons. The Bertz CT molecular complexity index is 539. The second kappa shape index (κ2) is 6.60. The van der Waals surface area contributed by atoms with Crippen LogP contribution in [-0.4, -0.2) is 35.1 Å². The van der Waals surface area contributed by atoms with Gasteiger partial charge in [0.1, 0.15) is 0 Å². The van der Waals surface area contributed by atoms with Gasteiger partial charge in [0.2, 0.25) is 5.95 Å². The molecule has 0 unspecified atom stereocenters. The van der Waals surface area contributed by atoms with Gasteiger partial charge in [-0.15, -0.1) is 0 Å². The average Bonchev–Trinajstić information content (AvgIpc) is 3.33. The number of rotatable bonds is 6. The lowest BCUT2D eigenvalue weighted by molar-refractivity contribution is 0.0903. The van der Waals surface area contributed by atoms with Crippen LogP contribution in [0.25, 0.3) is 0 Å². The first-order valence-electron chi connectivity index (χ1n) is 8.13. The van der Waals surface area contributed by atoms with Crippen LogP contribution < -0.4 is 11.1 Å². The van der Waals surface area contributed by atoms with Gasteiger partial charge < -0.3 is 15.8 Å². The van der Waals surface area contributed by atoms with Gasteiger partial charge in [0.05, 0.1) is 11.3 Å². The molecule has 0 spiro atoms. The number of carbonyl (C=O) groups is 1. The molecule has 6 nitrogen and oxygen atoms in total. The van der Waals surface area contributed by atoms with Crippen molar-refractivity contribution in [2.45, 2.75) is 45.1 Å². The van der Waals surface area contributed by atoms with Gasteiger partial charge in [0, 0.05) is 25.5 Å². The van der Waals surface area contributed by atoms with E-state index in [-0.39, 0.29) is 0 Å². The van der Waals surface area contributed by atoms with Gasteiger partial charge in [-0.3, -0.25) is 4.79 Å². The molecule has 120 valence electrons. The fraction of sp³-hybridized carbons (Fsp3) is 0.688. The number of primary amides is 1. The van der Waals surface area contributed by atoms with Crippen LogP contribution in [0.5, 0.6) is 0 Å². The second-order valence-corrected chi connectivity index (χ2v) is 6.47. The molecule has 1 atom stereocenters. The van der Waals surface area contributed by atoms with E-state index in [2.05, 4.69) is 22.2 Å². The molecule has 1 aliphatic carbocycles. The number of hydrogen-bond acceptors (Lipinski definition) is 5. The van der Waals surface area contributed by atoms with E-state index < -0.39 is 5.91 Å². The lowest BCUT2D eigenvalue weighted by Gasteiger charge is -2.23. The molecular weight excluding hydrogens is 280 g/mol. The van der Waals surface area contributed by atoms with Crippen LogP contribution in [0.1, 0.15) is 48.7 Å². The summed E-state index contributed by atoms with van der Waals surface area (Å²) in [4.78, 5) is 20.4. The number of amides is 1. The van der Waals surface area contributed by atoms with Gasteiger partial charge in [-0.1, -0.05) is 6.92 Å². The molecule has 2 fully saturated rings. The normalized spacial score (nSPS) is 20.6. The minimum atomic E-state index is -0.449. The first kappa shape index (κ1) is 15.2. The molecule has 3 rings (SSSR count). The number of ether oxygens (including phenoxy) is 1. The van der Waals surface area contributed by atoms with Crippen molar-refractivity contribution in [3.05, 3.63) is 17.5 Å². The summed E-state index contributed by atoms with van der Waals surface area (Å²) in [5, 5.41) is 3.35. The predicted octanol–water partition coefficient (Wildman–Crippen LogP) is 1.75. The van der Waals surface area contributed by atoms with Crippen molar-refractivity contribution < 1.29 is 9.53 Å². The Morgan fingerprint density at radius 1 is 1.41 bits per heavy atom. The maximum Gasteiger partial charge on any atom is 0.252 e. The number of hydrogen-bond donors (Lipinski definition) is 2.